The number of aliphatic hydroxyl groups excluding tert-OH is 1. The van der Waals surface area contributed by atoms with Crippen LogP contribution in [0, 0.1) is 0 Å². The molecule has 184 valence electrons. The highest BCUT2D eigenvalue weighted by atomic mass is 16.5. The Labute approximate surface area is 211 Å². The number of aliphatic hydroxyl groups is 1. The molecule has 1 aliphatic heterocycles. The van der Waals surface area contributed by atoms with Gasteiger partial charge in [-0.1, -0.05) is 78.9 Å². The molecule has 1 aliphatic rings. The number of carbonyl (C=O) groups is 2. The summed E-state index contributed by atoms with van der Waals surface area (Å²) in [6, 6.07) is 25.9. The fourth-order valence-electron chi connectivity index (χ4n) is 4.13. The van der Waals surface area contributed by atoms with Crippen LogP contribution in [0.25, 0.3) is 6.08 Å². The van der Waals surface area contributed by atoms with Crippen LogP contribution in [0.5, 0.6) is 5.75 Å². The molecule has 0 bridgehead atoms. The quantitative estimate of drug-likeness (QED) is 0.420. The lowest BCUT2D eigenvalue weighted by molar-refractivity contribution is -0.129. The van der Waals surface area contributed by atoms with E-state index in [1.807, 2.05) is 104 Å². The molecule has 1 N–H and O–H groups in total. The maximum atomic E-state index is 13.3. The normalized spacial score (nSPS) is 15.8. The van der Waals surface area contributed by atoms with Gasteiger partial charge in [-0.05, 0) is 49.0 Å². The molecular weight excluding hydrogens is 452 g/mol. The summed E-state index contributed by atoms with van der Waals surface area (Å²) < 4.78 is 5.99. The third-order valence-corrected chi connectivity index (χ3v) is 6.01. The van der Waals surface area contributed by atoms with Crippen molar-refractivity contribution in [2.24, 2.45) is 0 Å². The molecule has 0 saturated heterocycles. The van der Waals surface area contributed by atoms with E-state index in [0.717, 1.165) is 11.1 Å². The number of ketones is 1. The fourth-order valence-corrected chi connectivity index (χ4v) is 4.13. The predicted octanol–water partition coefficient (Wildman–Crippen LogP) is 4.81. The molecule has 1 heterocycles. The van der Waals surface area contributed by atoms with Crippen molar-refractivity contribution in [3.8, 4) is 5.75 Å². The minimum atomic E-state index is -0.717. The van der Waals surface area contributed by atoms with E-state index in [4.69, 9.17) is 4.74 Å². The van der Waals surface area contributed by atoms with Crippen LogP contribution in [-0.2, 0) is 16.2 Å². The van der Waals surface area contributed by atoms with E-state index < -0.39 is 23.5 Å². The number of amides is 1. The van der Waals surface area contributed by atoms with Crippen molar-refractivity contribution in [3.63, 3.8) is 0 Å². The van der Waals surface area contributed by atoms with Gasteiger partial charge in [0.1, 0.15) is 12.4 Å². The summed E-state index contributed by atoms with van der Waals surface area (Å²) in [7, 11) is 3.82. The van der Waals surface area contributed by atoms with Crippen LogP contribution in [0.3, 0.4) is 0 Å². The summed E-state index contributed by atoms with van der Waals surface area (Å²) in [6.45, 7) is 1.33. The van der Waals surface area contributed by atoms with E-state index in [1.54, 1.807) is 11.0 Å². The molecule has 6 nitrogen and oxygen atoms in total. The van der Waals surface area contributed by atoms with E-state index in [0.29, 0.717) is 31.0 Å². The number of hydrogen-bond acceptors (Lipinski definition) is 5. The Bertz CT molecular complexity index is 1270. The lowest BCUT2D eigenvalue weighted by Crippen LogP contribution is -2.36. The third-order valence-electron chi connectivity index (χ3n) is 6.01. The lowest BCUT2D eigenvalue weighted by atomic mass is 9.95. The van der Waals surface area contributed by atoms with E-state index in [1.165, 1.54) is 6.08 Å². The number of carbonyl (C=O) groups excluding carboxylic acids is 2. The van der Waals surface area contributed by atoms with Crippen molar-refractivity contribution in [2.75, 3.05) is 27.2 Å². The Hall–Kier alpha value is -4.16. The molecule has 0 fully saturated rings. The first kappa shape index (κ1) is 24.9. The minimum absolute atomic E-state index is 0.0751. The van der Waals surface area contributed by atoms with E-state index in [-0.39, 0.29) is 5.57 Å². The summed E-state index contributed by atoms with van der Waals surface area (Å²) in [5.41, 5.74) is 2.66. The Kier molecular flexibility index (Phi) is 7.98. The van der Waals surface area contributed by atoms with Gasteiger partial charge in [-0.25, -0.2) is 0 Å². The zero-order valence-electron chi connectivity index (χ0n) is 20.5. The van der Waals surface area contributed by atoms with Gasteiger partial charge in [0.15, 0.2) is 11.5 Å². The van der Waals surface area contributed by atoms with Crippen LogP contribution in [0.15, 0.2) is 102 Å². The van der Waals surface area contributed by atoms with Gasteiger partial charge in [0.05, 0.1) is 11.6 Å². The van der Waals surface area contributed by atoms with Crippen molar-refractivity contribution in [1.29, 1.82) is 0 Å². The summed E-state index contributed by atoms with van der Waals surface area (Å²) in [5.74, 6) is -0.835. The Morgan fingerprint density at radius 3 is 2.39 bits per heavy atom. The van der Waals surface area contributed by atoms with Crippen molar-refractivity contribution in [3.05, 3.63) is 119 Å². The first-order valence-corrected chi connectivity index (χ1v) is 11.9. The number of nitrogens with zero attached hydrogens (tertiary/aromatic N) is 2. The number of likely N-dealkylation sites (N-methyl/N-ethyl adjacent to an activating group) is 1. The zero-order chi connectivity index (χ0) is 25.5. The zero-order valence-corrected chi connectivity index (χ0v) is 20.5. The highest BCUT2D eigenvalue weighted by Crippen LogP contribution is 2.39. The van der Waals surface area contributed by atoms with Crippen LogP contribution in [-0.4, -0.2) is 53.8 Å². The van der Waals surface area contributed by atoms with Gasteiger partial charge >= 0.3 is 0 Å². The highest BCUT2D eigenvalue weighted by molar-refractivity contribution is 6.14. The van der Waals surface area contributed by atoms with Gasteiger partial charge in [-0.3, -0.25) is 9.59 Å². The van der Waals surface area contributed by atoms with Crippen LogP contribution >= 0.6 is 0 Å². The van der Waals surface area contributed by atoms with E-state index in [9.17, 15) is 14.7 Å². The fraction of sp³-hybridized carbons (Fsp3) is 0.200. The monoisotopic (exact) mass is 482 g/mol. The lowest BCUT2D eigenvalue weighted by Gasteiger charge is -2.28. The molecule has 3 aromatic carbocycles. The molecule has 1 unspecified atom stereocenters. The van der Waals surface area contributed by atoms with Gasteiger partial charge in [-0.2, -0.15) is 0 Å². The summed E-state index contributed by atoms with van der Waals surface area (Å²) in [4.78, 5) is 29.9. The number of rotatable bonds is 10. The third kappa shape index (κ3) is 5.90. The smallest absolute Gasteiger partial charge is 0.290 e. The van der Waals surface area contributed by atoms with Crippen LogP contribution < -0.4 is 4.74 Å². The van der Waals surface area contributed by atoms with Crippen molar-refractivity contribution in [1.82, 2.24) is 9.80 Å². The van der Waals surface area contributed by atoms with Gasteiger partial charge in [0.2, 0.25) is 0 Å². The standard InChI is InChI=1S/C30H30N2O4/c1-31(2)18-19-32-28(24-14-9-15-25(20-24)36-21-23-12-7-4-8-13-23)27(29(34)30(32)35)26(33)17-16-22-10-5-3-6-11-22/h3-17,20,28,34H,18-19,21H2,1-2H3/b17-16+. The molecule has 0 aliphatic carbocycles. The van der Waals surface area contributed by atoms with Crippen LogP contribution in [0.4, 0.5) is 0 Å². The van der Waals surface area contributed by atoms with Crippen molar-refractivity contribution < 1.29 is 19.4 Å². The first-order valence-electron chi connectivity index (χ1n) is 11.9. The van der Waals surface area contributed by atoms with Crippen LogP contribution in [0.2, 0.25) is 0 Å². The van der Waals surface area contributed by atoms with Gasteiger partial charge in [0, 0.05) is 13.1 Å². The molecule has 0 saturated carbocycles. The molecule has 36 heavy (non-hydrogen) atoms. The molecule has 3 aromatic rings. The molecule has 0 spiro atoms. The predicted molar refractivity (Wildman–Crippen MR) is 140 cm³/mol. The molecule has 0 aromatic heterocycles. The first-order chi connectivity index (χ1) is 17.4. The molecule has 0 radical (unpaired) electrons. The Morgan fingerprint density at radius 2 is 1.69 bits per heavy atom. The van der Waals surface area contributed by atoms with Crippen molar-refractivity contribution >= 4 is 17.8 Å². The maximum Gasteiger partial charge on any atom is 0.290 e. The van der Waals surface area contributed by atoms with Crippen molar-refractivity contribution in [2.45, 2.75) is 12.6 Å². The Morgan fingerprint density at radius 1 is 1.00 bits per heavy atom. The van der Waals surface area contributed by atoms with Gasteiger partial charge < -0.3 is 19.6 Å². The van der Waals surface area contributed by atoms with Gasteiger partial charge in [0.25, 0.3) is 5.91 Å². The van der Waals surface area contributed by atoms with Gasteiger partial charge in [-0.15, -0.1) is 0 Å². The molecular formula is C30H30N2O4. The topological polar surface area (TPSA) is 70.1 Å². The number of hydrogen-bond donors (Lipinski definition) is 1. The Balaban J connectivity index is 1.64. The average molecular weight is 483 g/mol. The summed E-state index contributed by atoms with van der Waals surface area (Å²) in [6.07, 6.45) is 3.10. The van der Waals surface area contributed by atoms with Crippen LogP contribution in [0.1, 0.15) is 22.7 Å². The minimum Gasteiger partial charge on any atom is -0.503 e. The number of ether oxygens (including phenoxy) is 1. The number of allylic oxidation sites excluding steroid dienone is 1. The van der Waals surface area contributed by atoms with E-state index >= 15 is 0 Å². The maximum absolute atomic E-state index is 13.3. The second-order valence-corrected chi connectivity index (χ2v) is 8.92. The SMILES string of the molecule is CN(C)CCN1C(=O)C(O)=C(C(=O)/C=C/c2ccccc2)C1c1cccc(OCc2ccccc2)c1. The molecule has 6 heteroatoms. The molecule has 4 rings (SSSR count). The summed E-state index contributed by atoms with van der Waals surface area (Å²) >= 11 is 0. The largest absolute Gasteiger partial charge is 0.503 e. The summed E-state index contributed by atoms with van der Waals surface area (Å²) in [5, 5.41) is 10.8. The highest BCUT2D eigenvalue weighted by Gasteiger charge is 2.42. The van der Waals surface area contributed by atoms with E-state index in [2.05, 4.69) is 0 Å². The second kappa shape index (κ2) is 11.5. The average Bonchev–Trinajstić information content (AvgIpc) is 3.16. The second-order valence-electron chi connectivity index (χ2n) is 8.92. The molecule has 1 amide bonds. The molecule has 1 atom stereocenters. The number of benzene rings is 3.